The van der Waals surface area contributed by atoms with Gasteiger partial charge in [0.05, 0.1) is 17.4 Å². The number of aromatic nitrogens is 4. The minimum absolute atomic E-state index is 0.0482. The number of aryl methyl sites for hydroxylation is 1. The number of carbonyl (C=O) groups excluding carboxylic acids is 1. The molecule has 1 amide bonds. The number of nitrogens with one attached hydrogen (secondary N) is 1. The lowest BCUT2D eigenvalue weighted by Crippen LogP contribution is -2.22. The number of hydrogen-bond donors (Lipinski definition) is 1. The molecule has 1 N–H and O–H groups in total. The number of hydrogen-bond acceptors (Lipinski definition) is 5. The molecule has 0 saturated carbocycles. The number of rotatable bonds is 4. The number of anilines is 1. The maximum Gasteiger partial charge on any atom is 0.381 e. The molecule has 0 aromatic carbocycles. The molecule has 0 fully saturated rings. The summed E-state index contributed by atoms with van der Waals surface area (Å²) in [6.07, 6.45) is 4.54. The Hall–Kier alpha value is -2.71. The summed E-state index contributed by atoms with van der Waals surface area (Å²) in [5, 5.41) is 17.6. The summed E-state index contributed by atoms with van der Waals surface area (Å²) in [5.41, 5.74) is 0.400. The van der Waals surface area contributed by atoms with Gasteiger partial charge < -0.3 is 15.4 Å². The standard InChI is InChI=1S/C13H18N6O3/c1-9-15-11(19(21)22)7-17(9)8-12(20)16-10-5-14-18(6-10)13(2,3)4/h5-7H,8H2,1-4H3,(H,16,20). The second-order valence-electron chi connectivity index (χ2n) is 5.92. The Balaban J connectivity index is 2.04. The topological polar surface area (TPSA) is 108 Å². The van der Waals surface area contributed by atoms with Gasteiger partial charge in [-0.25, -0.2) is 0 Å². The third-order valence-electron chi connectivity index (χ3n) is 3.02. The molecule has 0 spiro atoms. The van der Waals surface area contributed by atoms with Crippen molar-refractivity contribution in [3.8, 4) is 0 Å². The SMILES string of the molecule is Cc1nc([N+](=O)[O-])cn1CC(=O)Nc1cnn(C(C)(C)C)c1. The van der Waals surface area contributed by atoms with E-state index >= 15 is 0 Å². The van der Waals surface area contributed by atoms with E-state index in [0.717, 1.165) is 0 Å². The lowest BCUT2D eigenvalue weighted by Gasteiger charge is -2.18. The summed E-state index contributed by atoms with van der Waals surface area (Å²) in [6.45, 7) is 7.56. The zero-order valence-corrected chi connectivity index (χ0v) is 12.9. The first-order valence-corrected chi connectivity index (χ1v) is 6.70. The highest BCUT2D eigenvalue weighted by molar-refractivity contribution is 5.90. The van der Waals surface area contributed by atoms with Crippen LogP contribution in [-0.4, -0.2) is 30.2 Å². The highest BCUT2D eigenvalue weighted by atomic mass is 16.6. The first kappa shape index (κ1) is 15.7. The summed E-state index contributed by atoms with van der Waals surface area (Å²) in [5.74, 6) is -0.165. The van der Waals surface area contributed by atoms with Gasteiger partial charge in [-0.1, -0.05) is 0 Å². The van der Waals surface area contributed by atoms with Crippen molar-refractivity contribution in [3.05, 3.63) is 34.5 Å². The van der Waals surface area contributed by atoms with Gasteiger partial charge in [-0.05, 0) is 30.7 Å². The summed E-state index contributed by atoms with van der Waals surface area (Å²) < 4.78 is 3.18. The largest absolute Gasteiger partial charge is 0.381 e. The lowest BCUT2D eigenvalue weighted by atomic mass is 10.1. The average Bonchev–Trinajstić information content (AvgIpc) is 2.97. The van der Waals surface area contributed by atoms with Gasteiger partial charge in [-0.2, -0.15) is 5.10 Å². The van der Waals surface area contributed by atoms with E-state index in [1.54, 1.807) is 24.0 Å². The van der Waals surface area contributed by atoms with Crippen LogP contribution in [0.3, 0.4) is 0 Å². The van der Waals surface area contributed by atoms with Crippen LogP contribution in [0.15, 0.2) is 18.6 Å². The Bertz CT molecular complexity index is 710. The van der Waals surface area contributed by atoms with E-state index in [1.165, 1.54) is 10.8 Å². The molecule has 0 atom stereocenters. The summed E-state index contributed by atoms with van der Waals surface area (Å²) in [4.78, 5) is 25.8. The third kappa shape index (κ3) is 3.48. The average molecular weight is 306 g/mol. The number of amides is 1. The van der Waals surface area contributed by atoms with Gasteiger partial charge in [0.25, 0.3) is 0 Å². The molecule has 2 aromatic heterocycles. The molecule has 0 radical (unpaired) electrons. The maximum atomic E-state index is 12.0. The molecule has 0 aliphatic carbocycles. The molecule has 2 aromatic rings. The van der Waals surface area contributed by atoms with Crippen LogP contribution in [0.2, 0.25) is 0 Å². The van der Waals surface area contributed by atoms with Crippen LogP contribution in [0.25, 0.3) is 0 Å². The highest BCUT2D eigenvalue weighted by Gasteiger charge is 2.18. The Labute approximate surface area is 127 Å². The van der Waals surface area contributed by atoms with Gasteiger partial charge in [0.15, 0.2) is 0 Å². The minimum Gasteiger partial charge on any atom is -0.358 e. The molecule has 0 aliphatic heterocycles. The zero-order chi connectivity index (χ0) is 16.5. The van der Waals surface area contributed by atoms with E-state index in [2.05, 4.69) is 15.4 Å². The van der Waals surface area contributed by atoms with Crippen molar-refractivity contribution in [2.24, 2.45) is 0 Å². The number of nitrogens with zero attached hydrogens (tertiary/aromatic N) is 5. The van der Waals surface area contributed by atoms with E-state index in [4.69, 9.17) is 0 Å². The third-order valence-corrected chi connectivity index (χ3v) is 3.02. The Morgan fingerprint density at radius 2 is 2.09 bits per heavy atom. The van der Waals surface area contributed by atoms with Crippen LogP contribution in [-0.2, 0) is 16.9 Å². The fourth-order valence-electron chi connectivity index (χ4n) is 1.85. The Morgan fingerprint density at radius 3 is 2.59 bits per heavy atom. The quantitative estimate of drug-likeness (QED) is 0.683. The van der Waals surface area contributed by atoms with Crippen LogP contribution >= 0.6 is 0 Å². The monoisotopic (exact) mass is 306 g/mol. The van der Waals surface area contributed by atoms with Crippen molar-refractivity contribution in [1.82, 2.24) is 19.3 Å². The molecule has 2 rings (SSSR count). The fraction of sp³-hybridized carbons (Fsp3) is 0.462. The Kier molecular flexibility index (Phi) is 3.98. The van der Waals surface area contributed by atoms with Gasteiger partial charge in [-0.3, -0.25) is 14.0 Å². The van der Waals surface area contributed by atoms with Gasteiger partial charge in [-0.15, -0.1) is 0 Å². The fourth-order valence-corrected chi connectivity index (χ4v) is 1.85. The van der Waals surface area contributed by atoms with Crippen molar-refractivity contribution in [2.75, 3.05) is 5.32 Å². The highest BCUT2D eigenvalue weighted by Crippen LogP contribution is 2.16. The predicted molar refractivity (Wildman–Crippen MR) is 79.5 cm³/mol. The molecule has 9 heteroatoms. The van der Waals surface area contributed by atoms with Crippen molar-refractivity contribution >= 4 is 17.4 Å². The molecule has 22 heavy (non-hydrogen) atoms. The van der Waals surface area contributed by atoms with Crippen LogP contribution in [0, 0.1) is 17.0 Å². The van der Waals surface area contributed by atoms with Crippen molar-refractivity contribution < 1.29 is 9.72 Å². The first-order chi connectivity index (χ1) is 10.2. The lowest BCUT2D eigenvalue weighted by molar-refractivity contribution is -0.389. The number of imidazole rings is 1. The Morgan fingerprint density at radius 1 is 1.41 bits per heavy atom. The van der Waals surface area contributed by atoms with E-state index in [9.17, 15) is 14.9 Å². The normalized spacial score (nSPS) is 11.5. The smallest absolute Gasteiger partial charge is 0.358 e. The predicted octanol–water partition coefficient (Wildman–Crippen LogP) is 1.69. The molecule has 0 aliphatic rings. The summed E-state index contributed by atoms with van der Waals surface area (Å²) in [6, 6.07) is 0. The van der Waals surface area contributed by atoms with E-state index in [0.29, 0.717) is 11.5 Å². The van der Waals surface area contributed by atoms with Gasteiger partial charge in [0, 0.05) is 13.1 Å². The minimum atomic E-state index is -0.589. The molecule has 9 nitrogen and oxygen atoms in total. The molecule has 0 bridgehead atoms. The van der Waals surface area contributed by atoms with Crippen LogP contribution in [0.4, 0.5) is 11.5 Å². The van der Waals surface area contributed by atoms with Gasteiger partial charge in [0.1, 0.15) is 12.7 Å². The van der Waals surface area contributed by atoms with Gasteiger partial charge in [0.2, 0.25) is 11.7 Å². The van der Waals surface area contributed by atoms with Crippen molar-refractivity contribution in [2.45, 2.75) is 39.8 Å². The van der Waals surface area contributed by atoms with E-state index < -0.39 is 4.92 Å². The van der Waals surface area contributed by atoms with Crippen LogP contribution in [0.5, 0.6) is 0 Å². The summed E-state index contributed by atoms with van der Waals surface area (Å²) >= 11 is 0. The molecule has 2 heterocycles. The van der Waals surface area contributed by atoms with Crippen molar-refractivity contribution in [1.29, 1.82) is 0 Å². The summed E-state index contributed by atoms with van der Waals surface area (Å²) in [7, 11) is 0. The van der Waals surface area contributed by atoms with E-state index in [1.807, 2.05) is 20.8 Å². The number of carbonyl (C=O) groups is 1. The molecular formula is C13H18N6O3. The second kappa shape index (κ2) is 5.58. The zero-order valence-electron chi connectivity index (χ0n) is 12.9. The molecule has 0 unspecified atom stereocenters. The molecular weight excluding hydrogens is 288 g/mol. The second-order valence-corrected chi connectivity index (χ2v) is 5.92. The van der Waals surface area contributed by atoms with Crippen molar-refractivity contribution in [3.63, 3.8) is 0 Å². The van der Waals surface area contributed by atoms with E-state index in [-0.39, 0.29) is 23.8 Å². The number of nitro groups is 1. The first-order valence-electron chi connectivity index (χ1n) is 6.70. The van der Waals surface area contributed by atoms with Crippen LogP contribution in [0.1, 0.15) is 26.6 Å². The van der Waals surface area contributed by atoms with Gasteiger partial charge >= 0.3 is 5.82 Å². The molecule has 118 valence electrons. The maximum absolute atomic E-state index is 12.0. The molecule has 0 saturated heterocycles. The van der Waals surface area contributed by atoms with Crippen LogP contribution < -0.4 is 5.32 Å².